The molecule has 28 heavy (non-hydrogen) atoms. The molecule has 0 atom stereocenters. The molecule has 0 spiro atoms. The molecular formula is C20H26N4O3S. The Morgan fingerprint density at radius 2 is 2.04 bits per heavy atom. The van der Waals surface area contributed by atoms with Crippen molar-refractivity contribution in [3.63, 3.8) is 0 Å². The number of likely N-dealkylation sites (N-methyl/N-ethyl adjacent to an activating group) is 1. The van der Waals surface area contributed by atoms with Gasteiger partial charge in [0.1, 0.15) is 5.01 Å². The van der Waals surface area contributed by atoms with Gasteiger partial charge in [-0.3, -0.25) is 14.5 Å². The lowest BCUT2D eigenvalue weighted by Crippen LogP contribution is -2.43. The minimum atomic E-state index is -0.923. The van der Waals surface area contributed by atoms with Gasteiger partial charge >= 0.3 is 5.97 Å². The number of benzene rings is 1. The molecule has 2 N–H and O–H groups in total. The molecule has 1 aromatic heterocycles. The highest BCUT2D eigenvalue weighted by atomic mass is 32.1. The molecule has 2 aromatic rings. The van der Waals surface area contributed by atoms with Crippen molar-refractivity contribution in [3.05, 3.63) is 40.9 Å². The molecule has 0 saturated carbocycles. The van der Waals surface area contributed by atoms with E-state index in [0.717, 1.165) is 43.3 Å². The summed E-state index contributed by atoms with van der Waals surface area (Å²) >= 11 is 1.52. The molecule has 0 radical (unpaired) electrons. The van der Waals surface area contributed by atoms with Crippen LogP contribution in [0.1, 0.15) is 17.7 Å². The number of nitrogens with one attached hydrogen (secondary N) is 1. The molecule has 3 rings (SSSR count). The van der Waals surface area contributed by atoms with Crippen LogP contribution in [-0.2, 0) is 22.6 Å². The molecule has 150 valence electrons. The van der Waals surface area contributed by atoms with Crippen LogP contribution >= 0.6 is 11.3 Å². The van der Waals surface area contributed by atoms with Gasteiger partial charge in [-0.1, -0.05) is 18.2 Å². The minimum absolute atomic E-state index is 0.0752. The van der Waals surface area contributed by atoms with Crippen molar-refractivity contribution in [3.8, 4) is 10.6 Å². The maximum absolute atomic E-state index is 11.9. The van der Waals surface area contributed by atoms with Gasteiger partial charge in [-0.2, -0.15) is 0 Å². The van der Waals surface area contributed by atoms with Gasteiger partial charge in [0.05, 0.1) is 18.5 Å². The summed E-state index contributed by atoms with van der Waals surface area (Å²) in [6, 6.07) is 8.42. The summed E-state index contributed by atoms with van der Waals surface area (Å²) in [5.74, 6) is -1.13. The maximum Gasteiger partial charge on any atom is 0.305 e. The Balaban J connectivity index is 1.57. The Labute approximate surface area is 169 Å². The first-order valence-electron chi connectivity index (χ1n) is 9.43. The zero-order chi connectivity index (χ0) is 19.9. The van der Waals surface area contributed by atoms with Crippen LogP contribution in [0.2, 0.25) is 0 Å². The number of nitrogens with zero attached hydrogens (tertiary/aromatic N) is 3. The highest BCUT2D eigenvalue weighted by Gasteiger charge is 2.15. The van der Waals surface area contributed by atoms with Gasteiger partial charge in [-0.05, 0) is 18.7 Å². The van der Waals surface area contributed by atoms with E-state index in [9.17, 15) is 9.59 Å². The highest BCUT2D eigenvalue weighted by molar-refractivity contribution is 7.13. The molecular weight excluding hydrogens is 376 g/mol. The number of rotatable bonds is 8. The normalized spacial score (nSPS) is 15.5. The van der Waals surface area contributed by atoms with E-state index in [1.165, 1.54) is 16.9 Å². The van der Waals surface area contributed by atoms with Crippen molar-refractivity contribution in [2.45, 2.75) is 19.4 Å². The van der Waals surface area contributed by atoms with Crippen LogP contribution in [0.15, 0.2) is 29.6 Å². The fourth-order valence-corrected chi connectivity index (χ4v) is 3.94. The first kappa shape index (κ1) is 20.4. The molecule has 1 saturated heterocycles. The van der Waals surface area contributed by atoms with E-state index in [1.54, 1.807) is 0 Å². The first-order valence-corrected chi connectivity index (χ1v) is 10.3. The van der Waals surface area contributed by atoms with Crippen molar-refractivity contribution in [1.29, 1.82) is 0 Å². The number of thiazole rings is 1. The van der Waals surface area contributed by atoms with Crippen LogP contribution in [0, 0.1) is 0 Å². The molecule has 8 heteroatoms. The molecule has 1 aromatic carbocycles. The number of amides is 1. The summed E-state index contributed by atoms with van der Waals surface area (Å²) in [5.41, 5.74) is 3.04. The van der Waals surface area contributed by atoms with Crippen molar-refractivity contribution < 1.29 is 14.7 Å². The van der Waals surface area contributed by atoms with Crippen LogP contribution in [0.25, 0.3) is 10.6 Å². The Kier molecular flexibility index (Phi) is 7.13. The predicted octanol–water partition coefficient (Wildman–Crippen LogP) is 1.69. The largest absolute Gasteiger partial charge is 0.481 e. The van der Waals surface area contributed by atoms with Crippen LogP contribution in [-0.4, -0.2) is 71.5 Å². The monoisotopic (exact) mass is 402 g/mol. The fraction of sp³-hybridized carbons (Fsp3) is 0.450. The smallest absolute Gasteiger partial charge is 0.305 e. The second-order valence-corrected chi connectivity index (χ2v) is 7.95. The zero-order valence-corrected chi connectivity index (χ0v) is 16.9. The maximum atomic E-state index is 11.9. The Morgan fingerprint density at radius 1 is 1.25 bits per heavy atom. The summed E-state index contributed by atoms with van der Waals surface area (Å²) < 4.78 is 0. The summed E-state index contributed by atoms with van der Waals surface area (Å²) in [5, 5.41) is 14.0. The molecule has 0 unspecified atom stereocenters. The van der Waals surface area contributed by atoms with Gasteiger partial charge in [0.25, 0.3) is 0 Å². The average Bonchev–Trinajstić information content (AvgIpc) is 3.12. The highest BCUT2D eigenvalue weighted by Crippen LogP contribution is 2.25. The number of aromatic nitrogens is 1. The third-order valence-electron chi connectivity index (χ3n) is 4.73. The zero-order valence-electron chi connectivity index (χ0n) is 16.1. The van der Waals surface area contributed by atoms with Crippen LogP contribution in [0.5, 0.6) is 0 Å². The number of carbonyl (C=O) groups excluding carboxylic acids is 1. The van der Waals surface area contributed by atoms with E-state index in [0.29, 0.717) is 5.69 Å². The Bertz CT molecular complexity index is 815. The SMILES string of the molecule is CN1CCN(Cc2cccc(-c3nc(CC(=O)NCCC(=O)O)cs3)c2)CC1. The van der Waals surface area contributed by atoms with E-state index >= 15 is 0 Å². The third kappa shape index (κ3) is 6.12. The van der Waals surface area contributed by atoms with E-state index in [-0.39, 0.29) is 25.3 Å². The molecule has 1 fully saturated rings. The number of carboxylic acids is 1. The molecule has 2 heterocycles. The van der Waals surface area contributed by atoms with Crippen molar-refractivity contribution >= 4 is 23.2 Å². The lowest BCUT2D eigenvalue weighted by molar-refractivity contribution is -0.136. The summed E-state index contributed by atoms with van der Waals surface area (Å²) in [4.78, 5) is 31.8. The predicted molar refractivity (Wildman–Crippen MR) is 109 cm³/mol. The summed E-state index contributed by atoms with van der Waals surface area (Å²) in [6.45, 7) is 5.44. The minimum Gasteiger partial charge on any atom is -0.481 e. The number of carboxylic acid groups (broad SMARTS) is 1. The lowest BCUT2D eigenvalue weighted by Gasteiger charge is -2.32. The lowest BCUT2D eigenvalue weighted by atomic mass is 10.1. The van der Waals surface area contributed by atoms with Gasteiger partial charge in [-0.15, -0.1) is 11.3 Å². The van der Waals surface area contributed by atoms with Crippen LogP contribution in [0.4, 0.5) is 0 Å². The third-order valence-corrected chi connectivity index (χ3v) is 5.67. The van der Waals surface area contributed by atoms with Gasteiger partial charge in [-0.25, -0.2) is 4.98 Å². The molecule has 0 bridgehead atoms. The fourth-order valence-electron chi connectivity index (χ4n) is 3.12. The van der Waals surface area contributed by atoms with E-state index in [4.69, 9.17) is 5.11 Å². The van der Waals surface area contributed by atoms with E-state index in [1.807, 2.05) is 11.4 Å². The van der Waals surface area contributed by atoms with Crippen LogP contribution in [0.3, 0.4) is 0 Å². The number of carbonyl (C=O) groups is 2. The molecule has 1 aliphatic heterocycles. The van der Waals surface area contributed by atoms with Gasteiger partial charge in [0, 0.05) is 50.2 Å². The number of hydrogen-bond acceptors (Lipinski definition) is 6. The molecule has 1 aliphatic rings. The Hall–Kier alpha value is -2.29. The van der Waals surface area contributed by atoms with Crippen molar-refractivity contribution in [2.24, 2.45) is 0 Å². The van der Waals surface area contributed by atoms with E-state index in [2.05, 4.69) is 45.3 Å². The number of hydrogen-bond donors (Lipinski definition) is 2. The Morgan fingerprint density at radius 3 is 2.79 bits per heavy atom. The van der Waals surface area contributed by atoms with E-state index < -0.39 is 5.97 Å². The molecule has 0 aliphatic carbocycles. The first-order chi connectivity index (χ1) is 13.5. The average molecular weight is 403 g/mol. The van der Waals surface area contributed by atoms with Crippen molar-refractivity contribution in [2.75, 3.05) is 39.8 Å². The quantitative estimate of drug-likeness (QED) is 0.699. The standard InChI is InChI=1S/C20H26N4O3S/c1-23-7-9-24(10-8-23)13-15-3-2-4-16(11-15)20-22-17(14-28-20)12-18(25)21-6-5-19(26)27/h2-4,11,14H,5-10,12-13H2,1H3,(H,21,25)(H,26,27). The van der Waals surface area contributed by atoms with Crippen LogP contribution < -0.4 is 5.32 Å². The van der Waals surface area contributed by atoms with Gasteiger partial charge in [0.15, 0.2) is 0 Å². The summed E-state index contributed by atoms with van der Waals surface area (Å²) in [6.07, 6.45) is 0.0885. The van der Waals surface area contributed by atoms with Crippen molar-refractivity contribution in [1.82, 2.24) is 20.1 Å². The number of aliphatic carboxylic acids is 1. The number of piperazine rings is 1. The molecule has 1 amide bonds. The summed E-state index contributed by atoms with van der Waals surface area (Å²) in [7, 11) is 2.16. The van der Waals surface area contributed by atoms with Gasteiger partial charge < -0.3 is 15.3 Å². The topological polar surface area (TPSA) is 85.8 Å². The molecule has 7 nitrogen and oxygen atoms in total. The second kappa shape index (κ2) is 9.77. The van der Waals surface area contributed by atoms with Gasteiger partial charge in [0.2, 0.25) is 5.91 Å². The second-order valence-electron chi connectivity index (χ2n) is 7.09.